The molecule has 4 nitrogen and oxygen atoms in total. The molecule has 0 aliphatic rings. The second kappa shape index (κ2) is 7.23. The Balaban J connectivity index is 2.58. The first-order chi connectivity index (χ1) is 8.44. The fourth-order valence-electron chi connectivity index (χ4n) is 1.54. The number of methoxy groups -OCH3 is 1. The van der Waals surface area contributed by atoms with E-state index in [1.54, 1.807) is 7.11 Å². The van der Waals surface area contributed by atoms with Crippen molar-refractivity contribution in [1.82, 2.24) is 4.72 Å². The van der Waals surface area contributed by atoms with Crippen LogP contribution in [0.25, 0.3) is 0 Å². The lowest BCUT2D eigenvalue weighted by atomic mass is 10.1. The van der Waals surface area contributed by atoms with Gasteiger partial charge in [0, 0.05) is 24.2 Å². The van der Waals surface area contributed by atoms with Gasteiger partial charge in [0.15, 0.2) is 0 Å². The third-order valence-corrected chi connectivity index (χ3v) is 4.56. The Hall–Kier alpha value is -0.430. The molecule has 0 aromatic heterocycles. The SMILES string of the molecule is COCCCS(=O)(=O)NC(C)c1ccc(Br)cc1. The summed E-state index contributed by atoms with van der Waals surface area (Å²) in [6.45, 7) is 2.28. The Morgan fingerprint density at radius 1 is 1.33 bits per heavy atom. The third kappa shape index (κ3) is 5.48. The Kier molecular flexibility index (Phi) is 6.28. The summed E-state index contributed by atoms with van der Waals surface area (Å²) in [5.41, 5.74) is 0.938. The van der Waals surface area contributed by atoms with E-state index in [0.29, 0.717) is 13.0 Å². The van der Waals surface area contributed by atoms with Gasteiger partial charge in [0.2, 0.25) is 10.0 Å². The van der Waals surface area contributed by atoms with Gasteiger partial charge in [-0.05, 0) is 31.0 Å². The first kappa shape index (κ1) is 15.6. The molecule has 1 aromatic rings. The maximum absolute atomic E-state index is 11.8. The van der Waals surface area contributed by atoms with Crippen LogP contribution in [0.4, 0.5) is 0 Å². The molecule has 0 fully saturated rings. The van der Waals surface area contributed by atoms with Crippen molar-refractivity contribution in [2.45, 2.75) is 19.4 Å². The molecule has 1 aromatic carbocycles. The van der Waals surface area contributed by atoms with Gasteiger partial charge in [0.25, 0.3) is 0 Å². The van der Waals surface area contributed by atoms with E-state index in [0.717, 1.165) is 10.0 Å². The Labute approximate surface area is 117 Å². The zero-order valence-electron chi connectivity index (χ0n) is 10.5. The van der Waals surface area contributed by atoms with Crippen LogP contribution in [0, 0.1) is 0 Å². The normalized spacial score (nSPS) is 13.5. The molecule has 0 spiro atoms. The number of benzene rings is 1. The monoisotopic (exact) mass is 335 g/mol. The van der Waals surface area contributed by atoms with E-state index in [2.05, 4.69) is 20.7 Å². The van der Waals surface area contributed by atoms with Crippen molar-refractivity contribution in [2.75, 3.05) is 19.5 Å². The van der Waals surface area contributed by atoms with E-state index in [1.165, 1.54) is 0 Å². The third-order valence-electron chi connectivity index (χ3n) is 2.49. The molecule has 0 saturated carbocycles. The van der Waals surface area contributed by atoms with E-state index in [1.807, 2.05) is 31.2 Å². The second-order valence-corrected chi connectivity index (χ2v) is 6.85. The number of hydrogen-bond acceptors (Lipinski definition) is 3. The minimum atomic E-state index is -3.25. The second-order valence-electron chi connectivity index (χ2n) is 4.06. The number of ether oxygens (including phenoxy) is 1. The molecule has 18 heavy (non-hydrogen) atoms. The van der Waals surface area contributed by atoms with Gasteiger partial charge in [-0.15, -0.1) is 0 Å². The molecule has 0 bridgehead atoms. The van der Waals surface area contributed by atoms with Gasteiger partial charge >= 0.3 is 0 Å². The molecule has 1 rings (SSSR count). The Morgan fingerprint density at radius 2 is 1.94 bits per heavy atom. The topological polar surface area (TPSA) is 55.4 Å². The van der Waals surface area contributed by atoms with Crippen molar-refractivity contribution < 1.29 is 13.2 Å². The summed E-state index contributed by atoms with van der Waals surface area (Å²) < 4.78 is 32.0. The predicted octanol–water partition coefficient (Wildman–Crippen LogP) is 2.47. The largest absolute Gasteiger partial charge is 0.385 e. The van der Waals surface area contributed by atoms with E-state index in [9.17, 15) is 8.42 Å². The lowest BCUT2D eigenvalue weighted by Gasteiger charge is -2.14. The molecule has 0 heterocycles. The highest BCUT2D eigenvalue weighted by molar-refractivity contribution is 9.10. The molecular formula is C12H18BrNO3S. The minimum absolute atomic E-state index is 0.0850. The number of nitrogens with one attached hydrogen (secondary N) is 1. The Bertz CT molecular complexity index is 459. The maximum atomic E-state index is 11.8. The van der Waals surface area contributed by atoms with Gasteiger partial charge in [0.1, 0.15) is 0 Å². The maximum Gasteiger partial charge on any atom is 0.212 e. The highest BCUT2D eigenvalue weighted by Gasteiger charge is 2.15. The van der Waals surface area contributed by atoms with Crippen LogP contribution in [0.15, 0.2) is 28.7 Å². The molecule has 0 amide bonds. The quantitative estimate of drug-likeness (QED) is 0.778. The van der Waals surface area contributed by atoms with Crippen LogP contribution in [0.5, 0.6) is 0 Å². The van der Waals surface area contributed by atoms with Crippen molar-refractivity contribution in [3.63, 3.8) is 0 Å². The number of halogens is 1. The molecule has 0 aliphatic carbocycles. The van der Waals surface area contributed by atoms with Gasteiger partial charge in [-0.3, -0.25) is 0 Å². The zero-order chi connectivity index (χ0) is 13.6. The van der Waals surface area contributed by atoms with Crippen molar-refractivity contribution in [3.8, 4) is 0 Å². The molecule has 0 radical (unpaired) electrons. The van der Waals surface area contributed by atoms with E-state index in [4.69, 9.17) is 4.74 Å². The first-order valence-electron chi connectivity index (χ1n) is 5.69. The van der Waals surface area contributed by atoms with E-state index in [-0.39, 0.29) is 11.8 Å². The summed E-state index contributed by atoms with van der Waals surface area (Å²) in [7, 11) is -1.69. The molecule has 1 N–H and O–H groups in total. The number of hydrogen-bond donors (Lipinski definition) is 1. The number of sulfonamides is 1. The van der Waals surface area contributed by atoms with Gasteiger partial charge in [0.05, 0.1) is 5.75 Å². The smallest absolute Gasteiger partial charge is 0.212 e. The van der Waals surface area contributed by atoms with Crippen LogP contribution < -0.4 is 4.72 Å². The lowest BCUT2D eigenvalue weighted by Crippen LogP contribution is -2.29. The Morgan fingerprint density at radius 3 is 2.50 bits per heavy atom. The molecule has 0 aliphatic heterocycles. The van der Waals surface area contributed by atoms with Crippen molar-refractivity contribution >= 4 is 26.0 Å². The summed E-state index contributed by atoms with van der Waals surface area (Å²) in [5, 5.41) is 0. The average Bonchev–Trinajstić information content (AvgIpc) is 2.29. The predicted molar refractivity (Wildman–Crippen MR) is 76.0 cm³/mol. The summed E-state index contributed by atoms with van der Waals surface area (Å²) in [6, 6.07) is 7.35. The van der Waals surface area contributed by atoms with E-state index >= 15 is 0 Å². The van der Waals surface area contributed by atoms with Crippen LogP contribution in [0.2, 0.25) is 0 Å². The summed E-state index contributed by atoms with van der Waals surface area (Å²) in [5.74, 6) is 0.0850. The van der Waals surface area contributed by atoms with E-state index < -0.39 is 10.0 Å². The van der Waals surface area contributed by atoms with Gasteiger partial charge < -0.3 is 4.74 Å². The van der Waals surface area contributed by atoms with Crippen LogP contribution in [0.3, 0.4) is 0 Å². The molecule has 6 heteroatoms. The first-order valence-corrected chi connectivity index (χ1v) is 8.13. The summed E-state index contributed by atoms with van der Waals surface area (Å²) in [4.78, 5) is 0. The van der Waals surface area contributed by atoms with Crippen LogP contribution >= 0.6 is 15.9 Å². The highest BCUT2D eigenvalue weighted by atomic mass is 79.9. The zero-order valence-corrected chi connectivity index (χ0v) is 12.9. The van der Waals surface area contributed by atoms with Gasteiger partial charge in [-0.25, -0.2) is 13.1 Å². The van der Waals surface area contributed by atoms with Gasteiger partial charge in [-0.1, -0.05) is 28.1 Å². The molecule has 1 unspecified atom stereocenters. The van der Waals surface area contributed by atoms with Crippen LogP contribution in [-0.2, 0) is 14.8 Å². The molecule has 102 valence electrons. The van der Waals surface area contributed by atoms with Crippen LogP contribution in [-0.4, -0.2) is 27.9 Å². The minimum Gasteiger partial charge on any atom is -0.385 e. The van der Waals surface area contributed by atoms with Crippen molar-refractivity contribution in [3.05, 3.63) is 34.3 Å². The lowest BCUT2D eigenvalue weighted by molar-refractivity contribution is 0.199. The highest BCUT2D eigenvalue weighted by Crippen LogP contribution is 2.17. The molecule has 0 saturated heterocycles. The van der Waals surface area contributed by atoms with Crippen molar-refractivity contribution in [2.24, 2.45) is 0 Å². The van der Waals surface area contributed by atoms with Crippen molar-refractivity contribution in [1.29, 1.82) is 0 Å². The fraction of sp³-hybridized carbons (Fsp3) is 0.500. The average molecular weight is 336 g/mol. The van der Waals surface area contributed by atoms with Gasteiger partial charge in [-0.2, -0.15) is 0 Å². The standard InChI is InChI=1S/C12H18BrNO3S/c1-10(11-4-6-12(13)7-5-11)14-18(15,16)9-3-8-17-2/h4-7,10,14H,3,8-9H2,1-2H3. The van der Waals surface area contributed by atoms with Crippen LogP contribution in [0.1, 0.15) is 24.9 Å². The molecule has 1 atom stereocenters. The summed E-state index contributed by atoms with van der Waals surface area (Å²) in [6.07, 6.45) is 0.499. The fourth-order valence-corrected chi connectivity index (χ4v) is 3.10. The summed E-state index contributed by atoms with van der Waals surface area (Å²) >= 11 is 3.35. The molecular weight excluding hydrogens is 318 g/mol. The number of rotatable bonds is 7.